The van der Waals surface area contributed by atoms with Gasteiger partial charge in [-0.2, -0.15) is 0 Å². The monoisotopic (exact) mass is 428 g/mol. The quantitative estimate of drug-likeness (QED) is 0.617. The van der Waals surface area contributed by atoms with Crippen LogP contribution >= 0.6 is 11.3 Å². The average Bonchev–Trinajstić information content (AvgIpc) is 3.24. The molecular formula is C24H32N2O3S. The Morgan fingerprint density at radius 2 is 1.97 bits per heavy atom. The highest BCUT2D eigenvalue weighted by Crippen LogP contribution is 2.34. The number of carbonyl (C=O) groups excluding carboxylic acids is 2. The third-order valence-corrected chi connectivity index (χ3v) is 6.89. The highest BCUT2D eigenvalue weighted by atomic mass is 32.1. The summed E-state index contributed by atoms with van der Waals surface area (Å²) in [5.41, 5.74) is 2.35. The molecule has 6 heteroatoms. The Morgan fingerprint density at radius 3 is 2.63 bits per heavy atom. The molecule has 0 unspecified atom stereocenters. The number of rotatable bonds is 8. The number of carbonyl (C=O) groups is 2. The van der Waals surface area contributed by atoms with Crippen LogP contribution in [-0.2, 0) is 16.0 Å². The van der Waals surface area contributed by atoms with Crippen molar-refractivity contribution in [2.24, 2.45) is 0 Å². The van der Waals surface area contributed by atoms with Crippen LogP contribution in [-0.4, -0.2) is 47.4 Å². The second kappa shape index (κ2) is 10.1. The van der Waals surface area contributed by atoms with E-state index in [2.05, 4.69) is 11.4 Å². The van der Waals surface area contributed by atoms with Crippen LogP contribution < -0.4 is 4.74 Å². The highest BCUT2D eigenvalue weighted by molar-refractivity contribution is 7.10. The number of fused-ring (bicyclic) bond motifs is 1. The largest absolute Gasteiger partial charge is 0.491 e. The molecule has 0 radical (unpaired) electrons. The predicted molar refractivity (Wildman–Crippen MR) is 121 cm³/mol. The van der Waals surface area contributed by atoms with Gasteiger partial charge in [-0.3, -0.25) is 9.59 Å². The van der Waals surface area contributed by atoms with E-state index in [9.17, 15) is 9.59 Å². The molecule has 2 amide bonds. The van der Waals surface area contributed by atoms with E-state index >= 15 is 0 Å². The van der Waals surface area contributed by atoms with Gasteiger partial charge in [-0.15, -0.1) is 11.3 Å². The van der Waals surface area contributed by atoms with Crippen molar-refractivity contribution in [3.8, 4) is 5.75 Å². The molecule has 0 saturated heterocycles. The minimum atomic E-state index is -0.135. The molecule has 0 fully saturated rings. The fraction of sp³-hybridized carbons (Fsp3) is 0.500. The third-order valence-electron chi connectivity index (χ3n) is 5.90. The first-order chi connectivity index (χ1) is 14.4. The summed E-state index contributed by atoms with van der Waals surface area (Å²) in [7, 11) is 0. The number of thiophene rings is 1. The Bertz CT molecular complexity index is 862. The first-order valence-electron chi connectivity index (χ1n) is 10.8. The van der Waals surface area contributed by atoms with Crippen molar-refractivity contribution in [3.05, 3.63) is 51.7 Å². The Morgan fingerprint density at radius 1 is 1.23 bits per heavy atom. The molecular weight excluding hydrogens is 396 g/mol. The Labute approximate surface area is 183 Å². The lowest BCUT2D eigenvalue weighted by Crippen LogP contribution is -2.49. The average molecular weight is 429 g/mol. The van der Waals surface area contributed by atoms with Gasteiger partial charge in [-0.1, -0.05) is 31.5 Å². The molecule has 1 aromatic carbocycles. The van der Waals surface area contributed by atoms with Crippen molar-refractivity contribution in [3.63, 3.8) is 0 Å². The van der Waals surface area contributed by atoms with Crippen LogP contribution in [0.4, 0.5) is 0 Å². The van der Waals surface area contributed by atoms with Crippen molar-refractivity contribution in [1.29, 1.82) is 0 Å². The minimum absolute atomic E-state index is 0.00791. The maximum absolute atomic E-state index is 13.3. The molecule has 162 valence electrons. The van der Waals surface area contributed by atoms with Gasteiger partial charge in [0.2, 0.25) is 11.8 Å². The molecule has 2 heterocycles. The summed E-state index contributed by atoms with van der Waals surface area (Å²) in [6.07, 6.45) is 2.09. The number of nitrogens with zero attached hydrogens (tertiary/aromatic N) is 2. The molecule has 0 aliphatic carbocycles. The summed E-state index contributed by atoms with van der Waals surface area (Å²) in [5, 5.41) is 2.09. The minimum Gasteiger partial charge on any atom is -0.491 e. The van der Waals surface area contributed by atoms with Crippen LogP contribution in [0.2, 0.25) is 0 Å². The lowest BCUT2D eigenvalue weighted by molar-refractivity contribution is -0.144. The van der Waals surface area contributed by atoms with Gasteiger partial charge in [-0.05, 0) is 55.8 Å². The Kier molecular flexibility index (Phi) is 7.53. The molecule has 0 N–H and O–H groups in total. The van der Waals surface area contributed by atoms with E-state index in [4.69, 9.17) is 4.74 Å². The van der Waals surface area contributed by atoms with Crippen LogP contribution in [0.1, 0.15) is 55.7 Å². The normalized spacial score (nSPS) is 16.7. The van der Waals surface area contributed by atoms with Crippen LogP contribution in [0.5, 0.6) is 5.75 Å². The number of aryl methyl sites for hydroxylation is 1. The van der Waals surface area contributed by atoms with Crippen molar-refractivity contribution in [1.82, 2.24) is 9.80 Å². The smallest absolute Gasteiger partial charge is 0.242 e. The first-order valence-corrected chi connectivity index (χ1v) is 11.7. The summed E-state index contributed by atoms with van der Waals surface area (Å²) in [4.78, 5) is 30.7. The van der Waals surface area contributed by atoms with E-state index in [-0.39, 0.29) is 30.4 Å². The van der Waals surface area contributed by atoms with E-state index in [0.717, 1.165) is 18.6 Å². The molecule has 1 aliphatic heterocycles. The molecule has 2 aromatic rings. The Balaban J connectivity index is 1.77. The van der Waals surface area contributed by atoms with E-state index in [0.29, 0.717) is 19.6 Å². The number of hydrogen-bond acceptors (Lipinski definition) is 4. The van der Waals surface area contributed by atoms with Crippen LogP contribution in [0.15, 0.2) is 35.7 Å². The zero-order chi connectivity index (χ0) is 21.7. The number of amides is 2. The second-order valence-electron chi connectivity index (χ2n) is 7.91. The summed E-state index contributed by atoms with van der Waals surface area (Å²) in [6, 6.07) is 9.99. The first kappa shape index (κ1) is 22.3. The molecule has 2 atom stereocenters. The van der Waals surface area contributed by atoms with E-state index in [1.54, 1.807) is 16.2 Å². The Hall–Kier alpha value is -2.34. The van der Waals surface area contributed by atoms with Gasteiger partial charge in [0.15, 0.2) is 0 Å². The molecule has 0 bridgehead atoms. The van der Waals surface area contributed by atoms with Crippen molar-refractivity contribution in [2.45, 2.75) is 59.0 Å². The van der Waals surface area contributed by atoms with Crippen LogP contribution in [0.25, 0.3) is 0 Å². The molecule has 1 aromatic heterocycles. The lowest BCUT2D eigenvalue weighted by atomic mass is 10.00. The zero-order valence-electron chi connectivity index (χ0n) is 18.4. The lowest BCUT2D eigenvalue weighted by Gasteiger charge is -2.38. The fourth-order valence-corrected chi connectivity index (χ4v) is 4.76. The standard InChI is InChI=1S/C24H32N2O3S/c1-5-18(4)26(23(27)6-2)15-24(28)25-13-11-22-20(12-14-30-22)21(25)16-29-19-9-7-17(3)8-10-19/h7-10,12,14,18,21H,5-6,11,13,15-16H2,1-4H3/t18-,21+/m0/s1. The second-order valence-corrected chi connectivity index (χ2v) is 8.91. The molecule has 3 rings (SSSR count). The number of benzene rings is 1. The molecule has 30 heavy (non-hydrogen) atoms. The maximum Gasteiger partial charge on any atom is 0.242 e. The van der Waals surface area contributed by atoms with E-state index in [1.165, 1.54) is 16.0 Å². The molecule has 0 spiro atoms. The van der Waals surface area contributed by atoms with E-state index in [1.807, 2.05) is 56.9 Å². The SMILES string of the molecule is CCC(=O)N(CC(=O)N1CCc2sccc2[C@H]1COc1ccc(C)cc1)[C@@H](C)CC. The van der Waals surface area contributed by atoms with E-state index < -0.39 is 0 Å². The van der Waals surface area contributed by atoms with Gasteiger partial charge < -0.3 is 14.5 Å². The summed E-state index contributed by atoms with van der Waals surface area (Å²) < 4.78 is 6.08. The van der Waals surface area contributed by atoms with Gasteiger partial charge in [0.25, 0.3) is 0 Å². The molecule has 5 nitrogen and oxygen atoms in total. The number of ether oxygens (including phenoxy) is 1. The van der Waals surface area contributed by atoms with Crippen LogP contribution in [0.3, 0.4) is 0 Å². The van der Waals surface area contributed by atoms with Gasteiger partial charge in [0.05, 0.1) is 6.04 Å². The van der Waals surface area contributed by atoms with Crippen molar-refractivity contribution < 1.29 is 14.3 Å². The summed E-state index contributed by atoms with van der Waals surface area (Å²) >= 11 is 1.74. The summed E-state index contributed by atoms with van der Waals surface area (Å²) in [5.74, 6) is 0.822. The summed E-state index contributed by atoms with van der Waals surface area (Å²) in [6.45, 7) is 9.13. The van der Waals surface area contributed by atoms with Gasteiger partial charge in [0, 0.05) is 23.9 Å². The highest BCUT2D eigenvalue weighted by Gasteiger charge is 2.34. The van der Waals surface area contributed by atoms with Crippen LogP contribution in [0, 0.1) is 6.92 Å². The predicted octanol–water partition coefficient (Wildman–Crippen LogP) is 4.60. The van der Waals surface area contributed by atoms with Gasteiger partial charge in [0.1, 0.15) is 18.9 Å². The van der Waals surface area contributed by atoms with Gasteiger partial charge in [-0.25, -0.2) is 0 Å². The molecule has 0 saturated carbocycles. The van der Waals surface area contributed by atoms with Crippen molar-refractivity contribution >= 4 is 23.2 Å². The topological polar surface area (TPSA) is 49.9 Å². The van der Waals surface area contributed by atoms with Gasteiger partial charge >= 0.3 is 0 Å². The maximum atomic E-state index is 13.3. The zero-order valence-corrected chi connectivity index (χ0v) is 19.2. The van der Waals surface area contributed by atoms with Crippen molar-refractivity contribution in [2.75, 3.05) is 19.7 Å². The molecule has 1 aliphatic rings. The fourth-order valence-electron chi connectivity index (χ4n) is 3.83. The number of hydrogen-bond donors (Lipinski definition) is 0. The third kappa shape index (κ3) is 5.04.